The molecular weight excluding hydrogens is 1800 g/mol. The van der Waals surface area contributed by atoms with Gasteiger partial charge >= 0.3 is 0 Å². The van der Waals surface area contributed by atoms with E-state index in [0.29, 0.717) is 0 Å². The molecule has 147 heavy (non-hydrogen) atoms. The number of nitrogens with zero attached hydrogens (tertiary/aromatic N) is 10. The van der Waals surface area contributed by atoms with Crippen LogP contribution in [0.3, 0.4) is 0 Å². The van der Waals surface area contributed by atoms with E-state index in [1.165, 1.54) is 16.3 Å². The maximum absolute atomic E-state index is 6.18. The molecule has 0 spiro atoms. The van der Waals surface area contributed by atoms with Crippen molar-refractivity contribution >= 4 is 149 Å². The molecule has 0 aliphatic heterocycles. The lowest BCUT2D eigenvalue weighted by atomic mass is 9.96. The lowest BCUT2D eigenvalue weighted by molar-refractivity contribution is 0.668. The fourth-order valence-corrected chi connectivity index (χ4v) is 20.9. The fourth-order valence-electron chi connectivity index (χ4n) is 20.9. The molecule has 0 aliphatic carbocycles. The number of benzene rings is 21. The van der Waals surface area contributed by atoms with Gasteiger partial charge in [0.25, 0.3) is 0 Å². The Labute approximate surface area is 844 Å². The van der Waals surface area contributed by atoms with Crippen LogP contribution in [0.2, 0.25) is 0 Å². The van der Waals surface area contributed by atoms with Crippen molar-refractivity contribution in [2.75, 3.05) is 4.90 Å². The number of fused-ring (bicyclic) bond motifs is 16. The smallest absolute Gasteiger partial charge is 0.136 e. The van der Waals surface area contributed by atoms with Crippen LogP contribution in [0.1, 0.15) is 0 Å². The van der Waals surface area contributed by atoms with E-state index in [4.69, 9.17) is 53.1 Å². The molecule has 8 heterocycles. The Bertz CT molecular complexity index is 10100. The van der Waals surface area contributed by atoms with Gasteiger partial charge in [0.1, 0.15) is 33.5 Å². The fraction of sp³-hybridized carbons (Fsp3) is 0. The maximum atomic E-state index is 6.18. The van der Waals surface area contributed by atoms with E-state index in [-0.39, 0.29) is 0 Å². The van der Waals surface area contributed by atoms with Gasteiger partial charge in [-0.15, -0.1) is 0 Å². The Kier molecular flexibility index (Phi) is 21.6. The van der Waals surface area contributed by atoms with E-state index in [1.54, 1.807) is 0 Å². The topological polar surface area (TPSA) is 151 Å². The Morgan fingerprint density at radius 1 is 0.156 bits per heavy atom. The maximum Gasteiger partial charge on any atom is 0.136 e. The van der Waals surface area contributed by atoms with Crippen molar-refractivity contribution in [1.29, 1.82) is 0 Å². The molecule has 0 aliphatic rings. The Hall–Kier alpha value is -20.0. The van der Waals surface area contributed by atoms with Crippen molar-refractivity contribution in [1.82, 2.24) is 44.4 Å². The summed E-state index contributed by atoms with van der Waals surface area (Å²) in [5, 5.41) is 9.17. The molecule has 29 rings (SSSR count). The van der Waals surface area contributed by atoms with Crippen LogP contribution in [0.5, 0.6) is 0 Å². The van der Waals surface area contributed by atoms with Gasteiger partial charge in [0.2, 0.25) is 0 Å². The van der Waals surface area contributed by atoms with Crippen LogP contribution >= 0.6 is 0 Å². The minimum absolute atomic E-state index is 0.807. The minimum Gasteiger partial charge on any atom is -0.456 e. The van der Waals surface area contributed by atoms with Gasteiger partial charge in [-0.3, -0.25) is 0 Å². The van der Waals surface area contributed by atoms with Crippen molar-refractivity contribution in [3.8, 4) is 129 Å². The average Bonchev–Trinajstić information content (AvgIpc) is 1.58. The lowest BCUT2D eigenvalue weighted by Gasteiger charge is -2.26. The normalized spacial score (nSPS) is 11.5. The highest BCUT2D eigenvalue weighted by Crippen LogP contribution is 2.47. The second-order valence-electron chi connectivity index (χ2n) is 36.6. The number of furan rings is 3. The number of rotatable bonds is 15. The van der Waals surface area contributed by atoms with Crippen molar-refractivity contribution in [3.63, 3.8) is 0 Å². The predicted octanol–water partition coefficient (Wildman–Crippen LogP) is 35.4. The summed E-state index contributed by atoms with van der Waals surface area (Å²) in [6.07, 6.45) is 0. The van der Waals surface area contributed by atoms with Crippen molar-refractivity contribution in [3.05, 3.63) is 510 Å². The summed E-state index contributed by atoms with van der Waals surface area (Å²) in [6.45, 7) is 0. The molecule has 688 valence electrons. The summed E-state index contributed by atoms with van der Waals surface area (Å²) in [5.41, 5.74) is 40.3. The molecule has 13 nitrogen and oxygen atoms in total. The Balaban J connectivity index is 0.000000109. The van der Waals surface area contributed by atoms with Gasteiger partial charge in [-0.2, -0.15) is 0 Å². The molecule has 0 N–H and O–H groups in total. The molecule has 0 bridgehead atoms. The predicted molar refractivity (Wildman–Crippen MR) is 602 cm³/mol. The highest BCUT2D eigenvalue weighted by molar-refractivity contribution is 6.16. The second-order valence-corrected chi connectivity index (χ2v) is 36.6. The quantitative estimate of drug-likeness (QED) is 0.0961. The molecule has 29 aromatic rings. The van der Waals surface area contributed by atoms with Crippen molar-refractivity contribution in [2.24, 2.45) is 0 Å². The first-order valence-electron chi connectivity index (χ1n) is 49.2. The van der Waals surface area contributed by atoms with E-state index in [0.717, 1.165) is 262 Å². The van der Waals surface area contributed by atoms with Crippen LogP contribution in [0, 0.1) is 0 Å². The third kappa shape index (κ3) is 15.9. The first kappa shape index (κ1) is 86.1. The second kappa shape index (κ2) is 36.9. The summed E-state index contributed by atoms with van der Waals surface area (Å²) in [4.78, 5) is 43.9. The van der Waals surface area contributed by atoms with Crippen LogP contribution in [0.25, 0.3) is 261 Å². The van der Waals surface area contributed by atoms with Crippen LogP contribution in [-0.2, 0) is 0 Å². The van der Waals surface area contributed by atoms with Crippen molar-refractivity contribution in [2.45, 2.75) is 0 Å². The Morgan fingerprint density at radius 3 is 0.776 bits per heavy atom. The number of hydrogen-bond donors (Lipinski definition) is 0. The molecule has 0 saturated carbocycles. The number of hydrogen-bond acceptors (Lipinski definition) is 12. The molecule has 0 fully saturated rings. The zero-order chi connectivity index (χ0) is 97.2. The van der Waals surface area contributed by atoms with Crippen LogP contribution in [0.15, 0.2) is 523 Å². The molecule has 0 atom stereocenters. The molecule has 0 amide bonds. The summed E-state index contributed by atoms with van der Waals surface area (Å²) in [7, 11) is 0. The molecule has 21 aromatic carbocycles. The third-order valence-electron chi connectivity index (χ3n) is 27.7. The highest BCUT2D eigenvalue weighted by atomic mass is 16.3. The summed E-state index contributed by atoms with van der Waals surface area (Å²) in [6, 6.07) is 176. The molecule has 0 unspecified atom stereocenters. The number of para-hydroxylation sites is 15. The van der Waals surface area contributed by atoms with Gasteiger partial charge in [0, 0.05) is 110 Å². The van der Waals surface area contributed by atoms with Crippen LogP contribution in [0.4, 0.5) is 17.1 Å². The van der Waals surface area contributed by atoms with Crippen molar-refractivity contribution < 1.29 is 13.3 Å². The number of aromatic nitrogens is 9. The van der Waals surface area contributed by atoms with Gasteiger partial charge in [0.15, 0.2) is 0 Å². The third-order valence-corrected chi connectivity index (χ3v) is 27.7. The minimum atomic E-state index is 0.807. The monoisotopic (exact) mass is 1880 g/mol. The zero-order valence-electron chi connectivity index (χ0n) is 79.2. The van der Waals surface area contributed by atoms with Gasteiger partial charge in [-0.25, -0.2) is 39.9 Å². The molecule has 8 aromatic heterocycles. The van der Waals surface area contributed by atoms with E-state index in [1.807, 2.05) is 182 Å². The number of anilines is 3. The molecule has 0 saturated heterocycles. The van der Waals surface area contributed by atoms with Gasteiger partial charge in [-0.1, -0.05) is 358 Å². The van der Waals surface area contributed by atoms with Gasteiger partial charge < -0.3 is 22.7 Å². The van der Waals surface area contributed by atoms with E-state index >= 15 is 0 Å². The molecular formula is C134H84N10O3. The van der Waals surface area contributed by atoms with Crippen LogP contribution in [-0.4, -0.2) is 44.4 Å². The first-order valence-corrected chi connectivity index (χ1v) is 49.2. The Morgan fingerprint density at radius 2 is 0.401 bits per heavy atom. The highest BCUT2D eigenvalue weighted by Gasteiger charge is 2.26. The van der Waals surface area contributed by atoms with E-state index in [2.05, 4.69) is 337 Å². The SMILES string of the molecule is c1ccc(-c2nc3ccccc3nc2-c2cccc(-c3nc4ccccc4nc3-c3ccc(-c4cccc5oc6ccccc6c45)cc3)c2)cc1.c1ccc(-n2c3ccccc3c3ccc(-c4nc5ccccc5nc4-c4ccc(-c5cccc6oc7ccccc7c56)cc4)cc32)cc1.c1ccc(N(c2ccccc2)c2cccc(-c3nc4ccccc4nc3-c3ccc(-c4cccc5oc6ccccc6c45)cc3)c2)cc1. The average molecular weight is 1880 g/mol. The van der Waals surface area contributed by atoms with E-state index < -0.39 is 0 Å². The summed E-state index contributed by atoms with van der Waals surface area (Å²) < 4.78 is 20.9. The first-order chi connectivity index (χ1) is 72.9. The van der Waals surface area contributed by atoms with Gasteiger partial charge in [-0.05, 0) is 185 Å². The zero-order valence-corrected chi connectivity index (χ0v) is 79.2. The summed E-state index contributed by atoms with van der Waals surface area (Å²) in [5.74, 6) is 0. The summed E-state index contributed by atoms with van der Waals surface area (Å²) >= 11 is 0. The lowest BCUT2D eigenvalue weighted by Crippen LogP contribution is -2.09. The largest absolute Gasteiger partial charge is 0.456 e. The standard InChI is InChI=1S/C46H28N4O.C44H27N3O.C44H29N3O/c1-2-12-30(13-3-1)43-45(49-38-20-7-5-18-36(38)47-43)32-14-10-15-33(28-32)46-44(48-37-19-6-8-21-39(37)50-46)31-26-24-29(25-27-31)34-17-11-23-41-42(34)35-16-4-9-22-40(35)51-41;1-2-11-31(12-3-1)47-38-18-8-4-13-33(38)34-26-25-30(27-39(34)47)44-43(45-36-16-6-7-17-37(36)46-44)29-23-21-28(22-24-29)32-15-10-20-41-42(32)35-14-5-9-19-40(35)48-41;1-3-14-33(15-4-1)47(34-16-5-2-6-17-34)35-18-11-13-32(29-35)44-43(45-38-21-8-9-22-39(38)46-44)31-27-25-30(26-28-31)36-20-12-24-41-42(36)37-19-7-10-23-40(37)48-41/h1-28H;1-27H;1-29H. The van der Waals surface area contributed by atoms with E-state index in [9.17, 15) is 0 Å². The molecule has 13 heteroatoms. The molecule has 0 radical (unpaired) electrons. The van der Waals surface area contributed by atoms with Crippen LogP contribution < -0.4 is 4.90 Å². The van der Waals surface area contributed by atoms with Gasteiger partial charge in [0.05, 0.1) is 101 Å².